The highest BCUT2D eigenvalue weighted by atomic mass is 14.8. The van der Waals surface area contributed by atoms with E-state index in [1.807, 2.05) is 67.1 Å². The number of rotatable bonds is 5. The molecule has 2 aromatic carbocycles. The van der Waals surface area contributed by atoms with Gasteiger partial charge in [-0.25, -0.2) is 4.98 Å². The van der Waals surface area contributed by atoms with Crippen LogP contribution in [-0.4, -0.2) is 19.9 Å². The molecular weight excluding hydrogens is 468 g/mol. The molecule has 0 aliphatic heterocycles. The van der Waals surface area contributed by atoms with E-state index in [9.17, 15) is 0 Å². The van der Waals surface area contributed by atoms with Crippen molar-refractivity contribution in [1.29, 1.82) is 0 Å². The molecule has 6 nitrogen and oxygen atoms in total. The number of hydrogen-bond donors (Lipinski definition) is 2. The second-order valence-corrected chi connectivity index (χ2v) is 9.78. The van der Waals surface area contributed by atoms with Crippen molar-refractivity contribution in [2.75, 3.05) is 11.5 Å². The van der Waals surface area contributed by atoms with Gasteiger partial charge in [0.25, 0.3) is 0 Å². The topological polar surface area (TPSA) is 104 Å². The summed E-state index contributed by atoms with van der Waals surface area (Å²) in [6.45, 7) is 4.22. The Hall–Kier alpha value is -4.84. The average Bonchev–Trinajstić information content (AvgIpc) is 2.96. The predicted molar refractivity (Wildman–Crippen MR) is 156 cm³/mol. The Bertz CT molecular complexity index is 1660. The molecule has 4 aromatic heterocycles. The molecule has 186 valence electrons. The van der Waals surface area contributed by atoms with E-state index in [1.54, 1.807) is 0 Å². The van der Waals surface area contributed by atoms with E-state index >= 15 is 0 Å². The first-order valence-electron chi connectivity index (χ1n) is 12.7. The lowest BCUT2D eigenvalue weighted by Gasteiger charge is -2.22. The lowest BCUT2D eigenvalue weighted by Crippen LogP contribution is -2.13. The van der Waals surface area contributed by atoms with Crippen LogP contribution in [0.25, 0.3) is 44.2 Å². The van der Waals surface area contributed by atoms with Gasteiger partial charge in [-0.1, -0.05) is 62.4 Å². The summed E-state index contributed by atoms with van der Waals surface area (Å²) in [5.74, 6) is 0.0149. The Balaban J connectivity index is 1.26. The van der Waals surface area contributed by atoms with E-state index in [-0.39, 0.29) is 11.8 Å². The first kappa shape index (κ1) is 23.6. The van der Waals surface area contributed by atoms with Crippen molar-refractivity contribution < 1.29 is 0 Å². The Morgan fingerprint density at radius 1 is 0.553 bits per heavy atom. The summed E-state index contributed by atoms with van der Waals surface area (Å²) in [6, 6.07) is 26.3. The third-order valence-corrected chi connectivity index (χ3v) is 7.33. The highest BCUT2D eigenvalue weighted by Gasteiger charge is 2.23. The van der Waals surface area contributed by atoms with Gasteiger partial charge in [0.05, 0.1) is 39.7 Å². The molecule has 0 amide bonds. The Morgan fingerprint density at radius 3 is 1.79 bits per heavy atom. The third kappa shape index (κ3) is 4.30. The smallest absolute Gasteiger partial charge is 0.0725 e. The molecule has 0 radical (unpaired) electrons. The molecule has 0 spiro atoms. The molecule has 4 N–H and O–H groups in total. The van der Waals surface area contributed by atoms with E-state index in [0.29, 0.717) is 11.4 Å². The molecule has 2 unspecified atom stereocenters. The SMILES string of the molecule is CC(c1ncc(-c2cc3ccccc3cn2)cc1N)C(C)c1ncc(-c2ccc3ccccc3n2)cc1N. The number of nitrogens with two attached hydrogens (primary N) is 2. The van der Waals surface area contributed by atoms with Gasteiger partial charge in [-0.05, 0) is 35.7 Å². The molecule has 38 heavy (non-hydrogen) atoms. The number of benzene rings is 2. The van der Waals surface area contributed by atoms with Crippen molar-refractivity contribution in [1.82, 2.24) is 19.9 Å². The fourth-order valence-corrected chi connectivity index (χ4v) is 4.97. The fraction of sp³-hybridized carbons (Fsp3) is 0.125. The van der Waals surface area contributed by atoms with Crippen LogP contribution in [0.1, 0.15) is 37.1 Å². The number of nitrogens with zero attached hydrogens (tertiary/aromatic N) is 4. The van der Waals surface area contributed by atoms with Crippen LogP contribution in [0.15, 0.2) is 97.5 Å². The van der Waals surface area contributed by atoms with Crippen LogP contribution in [0.4, 0.5) is 11.4 Å². The number of fused-ring (bicyclic) bond motifs is 2. The van der Waals surface area contributed by atoms with Gasteiger partial charge >= 0.3 is 0 Å². The molecule has 2 atom stereocenters. The van der Waals surface area contributed by atoms with Crippen LogP contribution in [0, 0.1) is 0 Å². The van der Waals surface area contributed by atoms with E-state index < -0.39 is 0 Å². The zero-order chi connectivity index (χ0) is 26.2. The zero-order valence-electron chi connectivity index (χ0n) is 21.3. The summed E-state index contributed by atoms with van der Waals surface area (Å²) in [5, 5.41) is 3.33. The van der Waals surface area contributed by atoms with Gasteiger partial charge < -0.3 is 11.5 Å². The number of nitrogen functional groups attached to an aromatic ring is 2. The van der Waals surface area contributed by atoms with Gasteiger partial charge in [0.15, 0.2) is 0 Å². The van der Waals surface area contributed by atoms with Crippen molar-refractivity contribution in [3.05, 3.63) is 109 Å². The molecule has 4 heterocycles. The molecule has 0 aliphatic carbocycles. The lowest BCUT2D eigenvalue weighted by atomic mass is 9.87. The molecule has 0 bridgehead atoms. The van der Waals surface area contributed by atoms with Crippen LogP contribution in [0.3, 0.4) is 0 Å². The minimum Gasteiger partial charge on any atom is -0.397 e. The third-order valence-electron chi connectivity index (χ3n) is 7.33. The van der Waals surface area contributed by atoms with Gasteiger partial charge in [-0.2, -0.15) is 0 Å². The fourth-order valence-electron chi connectivity index (χ4n) is 4.97. The molecule has 0 aliphatic rings. The first-order valence-corrected chi connectivity index (χ1v) is 12.7. The van der Waals surface area contributed by atoms with Crippen molar-refractivity contribution in [3.63, 3.8) is 0 Å². The Morgan fingerprint density at radius 2 is 1.13 bits per heavy atom. The summed E-state index contributed by atoms with van der Waals surface area (Å²) in [6.07, 6.45) is 5.57. The highest BCUT2D eigenvalue weighted by Crippen LogP contribution is 2.37. The minimum atomic E-state index is 0.00746. The number of anilines is 2. The molecule has 6 rings (SSSR count). The monoisotopic (exact) mass is 496 g/mol. The van der Waals surface area contributed by atoms with Crippen LogP contribution in [0.5, 0.6) is 0 Å². The largest absolute Gasteiger partial charge is 0.397 e. The van der Waals surface area contributed by atoms with Crippen molar-refractivity contribution >= 4 is 33.1 Å². The van der Waals surface area contributed by atoms with E-state index in [4.69, 9.17) is 26.4 Å². The average molecular weight is 497 g/mol. The van der Waals surface area contributed by atoms with Gasteiger partial charge in [0.2, 0.25) is 0 Å². The molecule has 6 heteroatoms. The van der Waals surface area contributed by atoms with E-state index in [0.717, 1.165) is 55.6 Å². The number of para-hydroxylation sites is 1. The number of hydrogen-bond acceptors (Lipinski definition) is 6. The zero-order valence-corrected chi connectivity index (χ0v) is 21.3. The summed E-state index contributed by atoms with van der Waals surface area (Å²) in [4.78, 5) is 18.9. The number of aromatic nitrogens is 4. The standard InChI is InChI=1S/C32H28N6/c1-19(31-26(33)13-24(17-36-31)29-12-11-21-7-5-6-10-28(21)38-29)20(2)32-27(34)14-25(18-37-32)30-15-22-8-3-4-9-23(22)16-35-30/h3-20H,33-34H2,1-2H3. The van der Waals surface area contributed by atoms with Gasteiger partial charge in [-0.3, -0.25) is 15.0 Å². The van der Waals surface area contributed by atoms with Crippen molar-refractivity contribution in [2.24, 2.45) is 0 Å². The van der Waals surface area contributed by atoms with Crippen LogP contribution >= 0.6 is 0 Å². The predicted octanol–water partition coefficient (Wildman–Crippen LogP) is 6.98. The molecule has 0 fully saturated rings. The molecule has 0 saturated heterocycles. The van der Waals surface area contributed by atoms with E-state index in [1.165, 1.54) is 0 Å². The summed E-state index contributed by atoms with van der Waals surface area (Å²) in [5.41, 5.74) is 20.4. The van der Waals surface area contributed by atoms with Gasteiger partial charge in [0.1, 0.15) is 0 Å². The molecular formula is C32H28N6. The molecule has 0 saturated carbocycles. The Labute approximate surface area is 221 Å². The van der Waals surface area contributed by atoms with Gasteiger partial charge in [0, 0.05) is 52.3 Å². The number of pyridine rings is 4. The van der Waals surface area contributed by atoms with Crippen LogP contribution in [-0.2, 0) is 0 Å². The first-order chi connectivity index (χ1) is 18.5. The lowest BCUT2D eigenvalue weighted by molar-refractivity contribution is 0.597. The quantitative estimate of drug-likeness (QED) is 0.267. The summed E-state index contributed by atoms with van der Waals surface area (Å²) >= 11 is 0. The molecule has 6 aromatic rings. The van der Waals surface area contributed by atoms with Crippen LogP contribution in [0.2, 0.25) is 0 Å². The summed E-state index contributed by atoms with van der Waals surface area (Å²) in [7, 11) is 0. The van der Waals surface area contributed by atoms with Crippen molar-refractivity contribution in [2.45, 2.75) is 25.7 Å². The normalized spacial score (nSPS) is 13.0. The van der Waals surface area contributed by atoms with E-state index in [2.05, 4.69) is 49.2 Å². The van der Waals surface area contributed by atoms with Crippen molar-refractivity contribution in [3.8, 4) is 22.5 Å². The second-order valence-electron chi connectivity index (χ2n) is 9.78. The highest BCUT2D eigenvalue weighted by molar-refractivity contribution is 5.85. The second kappa shape index (κ2) is 9.56. The maximum atomic E-state index is 6.52. The minimum absolute atomic E-state index is 0.00746. The maximum Gasteiger partial charge on any atom is 0.0725 e. The summed E-state index contributed by atoms with van der Waals surface area (Å²) < 4.78 is 0. The van der Waals surface area contributed by atoms with Crippen LogP contribution < -0.4 is 11.5 Å². The van der Waals surface area contributed by atoms with Gasteiger partial charge in [-0.15, -0.1) is 0 Å². The Kier molecular flexibility index (Phi) is 5.92. The maximum absolute atomic E-state index is 6.52.